The summed E-state index contributed by atoms with van der Waals surface area (Å²) in [4.78, 5) is 3.95. The van der Waals surface area contributed by atoms with Crippen molar-refractivity contribution in [3.8, 4) is 17.2 Å². The molecule has 1 aliphatic rings. The molecule has 0 bridgehead atoms. The zero-order valence-corrected chi connectivity index (χ0v) is 13.1. The van der Waals surface area contributed by atoms with Gasteiger partial charge in [0.2, 0.25) is 0 Å². The fraction of sp³-hybridized carbons (Fsp3) is 0.278. The molecule has 7 heteroatoms. The molecule has 0 aliphatic heterocycles. The van der Waals surface area contributed by atoms with Crippen molar-refractivity contribution in [1.29, 1.82) is 5.26 Å². The average Bonchev–Trinajstić information content (AvgIpc) is 2.99. The first kappa shape index (κ1) is 15.6. The normalized spacial score (nSPS) is 16.4. The third kappa shape index (κ3) is 2.37. The number of pyridine rings is 1. The first-order chi connectivity index (χ1) is 11.9. The maximum atomic E-state index is 13.3. The number of H-pyrrole nitrogens is 1. The van der Waals surface area contributed by atoms with E-state index in [2.05, 4.69) is 21.3 Å². The number of nitriles is 1. The number of aromatic nitrogens is 3. The molecule has 126 valence electrons. The largest absolute Gasteiger partial charge is 0.435 e. The van der Waals surface area contributed by atoms with Crippen molar-refractivity contribution in [2.45, 2.75) is 30.9 Å². The van der Waals surface area contributed by atoms with Crippen LogP contribution >= 0.6 is 0 Å². The van der Waals surface area contributed by atoms with Crippen molar-refractivity contribution in [1.82, 2.24) is 15.2 Å². The zero-order chi connectivity index (χ0) is 17.7. The summed E-state index contributed by atoms with van der Waals surface area (Å²) in [5.74, 6) is 0. The van der Waals surface area contributed by atoms with Crippen LogP contribution in [0, 0.1) is 11.3 Å². The number of nitrogens with one attached hydrogen (secondary N) is 1. The predicted molar refractivity (Wildman–Crippen MR) is 85.5 cm³/mol. The van der Waals surface area contributed by atoms with Crippen LogP contribution in [0.3, 0.4) is 0 Å². The summed E-state index contributed by atoms with van der Waals surface area (Å²) < 4.78 is 39.8. The highest BCUT2D eigenvalue weighted by Gasteiger charge is 2.40. The summed E-state index contributed by atoms with van der Waals surface area (Å²) >= 11 is 0. The Morgan fingerprint density at radius 1 is 1.20 bits per heavy atom. The number of hydrogen-bond acceptors (Lipinski definition) is 3. The van der Waals surface area contributed by atoms with Crippen LogP contribution in [-0.4, -0.2) is 15.2 Å². The lowest BCUT2D eigenvalue weighted by Crippen LogP contribution is -2.32. The van der Waals surface area contributed by atoms with Gasteiger partial charge in [0.05, 0.1) is 16.9 Å². The second-order valence-corrected chi connectivity index (χ2v) is 6.28. The van der Waals surface area contributed by atoms with Gasteiger partial charge >= 0.3 is 6.18 Å². The molecule has 2 aromatic heterocycles. The fourth-order valence-electron chi connectivity index (χ4n) is 3.38. The maximum absolute atomic E-state index is 13.3. The van der Waals surface area contributed by atoms with E-state index < -0.39 is 17.3 Å². The van der Waals surface area contributed by atoms with E-state index >= 15 is 0 Å². The van der Waals surface area contributed by atoms with E-state index in [-0.39, 0.29) is 11.0 Å². The third-order valence-electron chi connectivity index (χ3n) is 4.88. The van der Waals surface area contributed by atoms with E-state index in [0.717, 1.165) is 24.8 Å². The molecule has 0 unspecified atom stereocenters. The Labute approximate surface area is 141 Å². The summed E-state index contributed by atoms with van der Waals surface area (Å²) in [6.45, 7) is 0. The molecule has 2 heterocycles. The number of fused-ring (bicyclic) bond motifs is 1. The molecule has 0 spiro atoms. The van der Waals surface area contributed by atoms with E-state index in [1.54, 1.807) is 18.2 Å². The molecule has 1 saturated carbocycles. The minimum Gasteiger partial charge on any atom is -0.260 e. The SMILES string of the molecule is N#CC1(c2cccc(-c3ccnc4[nH]nc(C(F)(F)F)c34)c2)CCC1. The van der Waals surface area contributed by atoms with E-state index in [1.807, 2.05) is 12.1 Å². The number of hydrogen-bond donors (Lipinski definition) is 1. The van der Waals surface area contributed by atoms with Crippen LogP contribution in [0.5, 0.6) is 0 Å². The van der Waals surface area contributed by atoms with Gasteiger partial charge in [-0.2, -0.15) is 23.5 Å². The minimum atomic E-state index is -4.57. The Hall–Kier alpha value is -2.88. The predicted octanol–water partition coefficient (Wildman–Crippen LogP) is 4.59. The van der Waals surface area contributed by atoms with Crippen LogP contribution in [0.2, 0.25) is 0 Å². The quantitative estimate of drug-likeness (QED) is 0.741. The molecule has 1 aliphatic carbocycles. The van der Waals surface area contributed by atoms with Crippen LogP contribution < -0.4 is 0 Å². The van der Waals surface area contributed by atoms with Crippen LogP contribution in [-0.2, 0) is 11.6 Å². The van der Waals surface area contributed by atoms with Crippen LogP contribution in [0.1, 0.15) is 30.5 Å². The van der Waals surface area contributed by atoms with Crippen molar-refractivity contribution in [2.24, 2.45) is 0 Å². The molecule has 0 amide bonds. The van der Waals surface area contributed by atoms with Crippen molar-refractivity contribution in [2.75, 3.05) is 0 Å². The molecule has 1 aromatic carbocycles. The molecule has 0 saturated heterocycles. The molecule has 0 radical (unpaired) electrons. The van der Waals surface area contributed by atoms with Gasteiger partial charge in [0, 0.05) is 6.20 Å². The number of nitrogens with zero attached hydrogens (tertiary/aromatic N) is 3. The van der Waals surface area contributed by atoms with Gasteiger partial charge in [-0.05, 0) is 48.1 Å². The molecule has 1 N–H and O–H groups in total. The topological polar surface area (TPSA) is 65.4 Å². The number of aromatic amines is 1. The van der Waals surface area contributed by atoms with E-state index in [9.17, 15) is 18.4 Å². The zero-order valence-electron chi connectivity index (χ0n) is 13.1. The molecule has 4 rings (SSSR count). The van der Waals surface area contributed by atoms with Gasteiger partial charge in [-0.25, -0.2) is 4.98 Å². The maximum Gasteiger partial charge on any atom is 0.435 e. The van der Waals surface area contributed by atoms with Crippen LogP contribution in [0.15, 0.2) is 36.5 Å². The Bertz CT molecular complexity index is 993. The lowest BCUT2D eigenvalue weighted by molar-refractivity contribution is -0.139. The highest BCUT2D eigenvalue weighted by molar-refractivity contribution is 5.94. The van der Waals surface area contributed by atoms with E-state index in [1.165, 1.54) is 6.20 Å². The van der Waals surface area contributed by atoms with Gasteiger partial charge in [0.1, 0.15) is 0 Å². The van der Waals surface area contributed by atoms with E-state index in [4.69, 9.17) is 0 Å². The van der Waals surface area contributed by atoms with Crippen molar-refractivity contribution in [3.63, 3.8) is 0 Å². The van der Waals surface area contributed by atoms with E-state index in [0.29, 0.717) is 11.1 Å². The fourth-order valence-corrected chi connectivity index (χ4v) is 3.38. The first-order valence-electron chi connectivity index (χ1n) is 7.87. The molecule has 25 heavy (non-hydrogen) atoms. The summed E-state index contributed by atoms with van der Waals surface area (Å²) in [5.41, 5.74) is 0.466. The third-order valence-corrected chi connectivity index (χ3v) is 4.88. The summed E-state index contributed by atoms with van der Waals surface area (Å²) in [5, 5.41) is 15.2. The highest BCUT2D eigenvalue weighted by Crippen LogP contribution is 2.44. The Kier molecular flexibility index (Phi) is 3.32. The molecule has 3 aromatic rings. The van der Waals surface area contributed by atoms with Crippen LogP contribution in [0.4, 0.5) is 13.2 Å². The minimum absolute atomic E-state index is 0.0493. The monoisotopic (exact) mass is 342 g/mol. The summed E-state index contributed by atoms with van der Waals surface area (Å²) in [6, 6.07) is 11.1. The van der Waals surface area contributed by atoms with Crippen molar-refractivity contribution < 1.29 is 13.2 Å². The lowest BCUT2D eigenvalue weighted by Gasteiger charge is -2.35. The molecule has 4 nitrogen and oxygen atoms in total. The Morgan fingerprint density at radius 3 is 2.64 bits per heavy atom. The second-order valence-electron chi connectivity index (χ2n) is 6.28. The number of benzene rings is 1. The Morgan fingerprint density at radius 2 is 2.00 bits per heavy atom. The smallest absolute Gasteiger partial charge is 0.260 e. The number of halogens is 3. The molecular weight excluding hydrogens is 329 g/mol. The summed E-state index contributed by atoms with van der Waals surface area (Å²) in [7, 11) is 0. The average molecular weight is 342 g/mol. The second kappa shape index (κ2) is 5.31. The molecular formula is C18H13F3N4. The van der Waals surface area contributed by atoms with Crippen molar-refractivity contribution in [3.05, 3.63) is 47.8 Å². The van der Waals surface area contributed by atoms with Gasteiger partial charge in [-0.1, -0.05) is 18.2 Å². The highest BCUT2D eigenvalue weighted by atomic mass is 19.4. The standard InChI is InChI=1S/C18H13F3N4/c19-18(20,21)15-14-13(5-8-23-16(14)25-24-15)11-3-1-4-12(9-11)17(10-22)6-2-7-17/h1,3-5,8-9H,2,6-7H2,(H,23,24,25). The van der Waals surface area contributed by atoms with Gasteiger partial charge in [0.25, 0.3) is 0 Å². The number of alkyl halides is 3. The van der Waals surface area contributed by atoms with Crippen LogP contribution in [0.25, 0.3) is 22.2 Å². The lowest BCUT2D eigenvalue weighted by atomic mass is 9.65. The van der Waals surface area contributed by atoms with Gasteiger partial charge in [-0.3, -0.25) is 5.10 Å². The van der Waals surface area contributed by atoms with Gasteiger partial charge in [-0.15, -0.1) is 0 Å². The van der Waals surface area contributed by atoms with Gasteiger partial charge < -0.3 is 0 Å². The summed E-state index contributed by atoms with van der Waals surface area (Å²) in [6.07, 6.45) is -0.588. The molecule has 0 atom stereocenters. The van der Waals surface area contributed by atoms with Crippen molar-refractivity contribution >= 4 is 11.0 Å². The number of rotatable bonds is 2. The first-order valence-corrected chi connectivity index (χ1v) is 7.87. The molecule has 1 fully saturated rings. The Balaban J connectivity index is 1.92. The van der Waals surface area contributed by atoms with Gasteiger partial charge in [0.15, 0.2) is 11.3 Å².